The van der Waals surface area contributed by atoms with E-state index in [9.17, 15) is 0 Å². The maximum absolute atomic E-state index is 9.10. The SMILES string of the molecule is CCC(C#N)c1nccc(-c2ccc3ncoc3c2)n1. The fraction of sp³-hybridized carbons (Fsp3) is 0.200. The Hall–Kier alpha value is -2.74. The van der Waals surface area contributed by atoms with Gasteiger partial charge in [0, 0.05) is 11.8 Å². The molecule has 0 amide bonds. The highest BCUT2D eigenvalue weighted by atomic mass is 16.3. The quantitative estimate of drug-likeness (QED) is 0.725. The Morgan fingerprint density at radius 1 is 1.30 bits per heavy atom. The van der Waals surface area contributed by atoms with E-state index < -0.39 is 0 Å². The summed E-state index contributed by atoms with van der Waals surface area (Å²) in [5.41, 5.74) is 3.23. The van der Waals surface area contributed by atoms with Crippen LogP contribution < -0.4 is 0 Å². The average molecular weight is 264 g/mol. The molecule has 3 rings (SSSR count). The van der Waals surface area contributed by atoms with Gasteiger partial charge in [-0.25, -0.2) is 15.0 Å². The minimum atomic E-state index is -0.274. The van der Waals surface area contributed by atoms with E-state index in [1.807, 2.05) is 31.2 Å². The highest BCUT2D eigenvalue weighted by Crippen LogP contribution is 2.23. The predicted octanol–water partition coefficient (Wildman–Crippen LogP) is 3.30. The van der Waals surface area contributed by atoms with Crippen LogP contribution in [0.1, 0.15) is 25.1 Å². The van der Waals surface area contributed by atoms with Gasteiger partial charge in [0.1, 0.15) is 17.3 Å². The summed E-state index contributed by atoms with van der Waals surface area (Å²) in [6.07, 6.45) is 3.80. The highest BCUT2D eigenvalue weighted by Gasteiger charge is 2.12. The van der Waals surface area contributed by atoms with Gasteiger partial charge in [0.05, 0.1) is 11.8 Å². The molecule has 2 heterocycles. The zero-order valence-electron chi connectivity index (χ0n) is 10.9. The molecule has 0 spiro atoms. The third-order valence-electron chi connectivity index (χ3n) is 3.18. The second-order valence-electron chi connectivity index (χ2n) is 4.42. The maximum Gasteiger partial charge on any atom is 0.181 e. The molecule has 1 aromatic carbocycles. The fourth-order valence-corrected chi connectivity index (χ4v) is 2.05. The molecule has 1 atom stereocenters. The molecule has 98 valence electrons. The molecule has 0 saturated heterocycles. The van der Waals surface area contributed by atoms with E-state index in [4.69, 9.17) is 9.68 Å². The summed E-state index contributed by atoms with van der Waals surface area (Å²) >= 11 is 0. The number of aromatic nitrogens is 3. The smallest absolute Gasteiger partial charge is 0.181 e. The number of hydrogen-bond acceptors (Lipinski definition) is 5. The Bertz CT molecular complexity index is 788. The number of nitrogens with zero attached hydrogens (tertiary/aromatic N) is 4. The lowest BCUT2D eigenvalue weighted by atomic mass is 10.1. The second-order valence-corrected chi connectivity index (χ2v) is 4.42. The van der Waals surface area contributed by atoms with Crippen molar-refractivity contribution in [2.24, 2.45) is 0 Å². The van der Waals surface area contributed by atoms with Crippen LogP contribution in [0.2, 0.25) is 0 Å². The zero-order valence-corrected chi connectivity index (χ0v) is 10.9. The first-order chi connectivity index (χ1) is 9.81. The van der Waals surface area contributed by atoms with Gasteiger partial charge in [0.25, 0.3) is 0 Å². The zero-order chi connectivity index (χ0) is 13.9. The average Bonchev–Trinajstić information content (AvgIpc) is 2.96. The molecule has 0 N–H and O–H groups in total. The topological polar surface area (TPSA) is 75.6 Å². The van der Waals surface area contributed by atoms with E-state index in [0.29, 0.717) is 12.2 Å². The molecule has 1 unspecified atom stereocenters. The minimum Gasteiger partial charge on any atom is -0.443 e. The van der Waals surface area contributed by atoms with Crippen LogP contribution >= 0.6 is 0 Å². The van der Waals surface area contributed by atoms with Crippen molar-refractivity contribution in [2.75, 3.05) is 0 Å². The molecule has 5 nitrogen and oxygen atoms in total. The number of hydrogen-bond donors (Lipinski definition) is 0. The van der Waals surface area contributed by atoms with Crippen molar-refractivity contribution in [3.05, 3.63) is 42.7 Å². The van der Waals surface area contributed by atoms with E-state index in [0.717, 1.165) is 22.4 Å². The van der Waals surface area contributed by atoms with E-state index in [-0.39, 0.29) is 5.92 Å². The van der Waals surface area contributed by atoms with Gasteiger partial charge < -0.3 is 4.42 Å². The number of oxazole rings is 1. The molecule has 0 radical (unpaired) electrons. The summed E-state index contributed by atoms with van der Waals surface area (Å²) in [6.45, 7) is 1.95. The van der Waals surface area contributed by atoms with Crippen LogP contribution in [0.25, 0.3) is 22.4 Å². The number of nitriles is 1. The van der Waals surface area contributed by atoms with E-state index in [1.165, 1.54) is 6.39 Å². The summed E-state index contributed by atoms with van der Waals surface area (Å²) in [7, 11) is 0. The van der Waals surface area contributed by atoms with Crippen LogP contribution in [-0.4, -0.2) is 15.0 Å². The van der Waals surface area contributed by atoms with Gasteiger partial charge in [0.2, 0.25) is 0 Å². The van der Waals surface area contributed by atoms with E-state index >= 15 is 0 Å². The van der Waals surface area contributed by atoms with Gasteiger partial charge in [-0.15, -0.1) is 0 Å². The van der Waals surface area contributed by atoms with Crippen molar-refractivity contribution in [1.29, 1.82) is 5.26 Å². The molecule has 2 aromatic heterocycles. The molecule has 0 saturated carbocycles. The summed E-state index contributed by atoms with van der Waals surface area (Å²) in [6, 6.07) is 9.76. The first kappa shape index (κ1) is 12.3. The van der Waals surface area contributed by atoms with Crippen LogP contribution in [0.15, 0.2) is 41.3 Å². The highest BCUT2D eigenvalue weighted by molar-refractivity contribution is 5.78. The molecule has 0 aliphatic heterocycles. The number of fused-ring (bicyclic) bond motifs is 1. The Labute approximate surface area is 115 Å². The fourth-order valence-electron chi connectivity index (χ4n) is 2.05. The molecule has 0 bridgehead atoms. The molecule has 0 aliphatic rings. The first-order valence-corrected chi connectivity index (χ1v) is 6.38. The molecular formula is C15H12N4O. The summed E-state index contributed by atoms with van der Waals surface area (Å²) in [4.78, 5) is 12.8. The number of rotatable bonds is 3. The lowest BCUT2D eigenvalue weighted by Crippen LogP contribution is -2.01. The molecule has 20 heavy (non-hydrogen) atoms. The molecule has 0 aliphatic carbocycles. The van der Waals surface area contributed by atoms with Crippen molar-refractivity contribution in [3.8, 4) is 17.3 Å². The minimum absolute atomic E-state index is 0.274. The van der Waals surface area contributed by atoms with E-state index in [1.54, 1.807) is 6.20 Å². The summed E-state index contributed by atoms with van der Waals surface area (Å²) in [5, 5.41) is 9.10. The van der Waals surface area contributed by atoms with Crippen LogP contribution in [0.5, 0.6) is 0 Å². The lowest BCUT2D eigenvalue weighted by molar-refractivity contribution is 0.602. The molecule has 0 fully saturated rings. The van der Waals surface area contributed by atoms with Gasteiger partial charge in [0.15, 0.2) is 12.0 Å². The van der Waals surface area contributed by atoms with Crippen LogP contribution in [0.4, 0.5) is 0 Å². The standard InChI is InChI=1S/C15H12N4O/c1-2-10(8-16)15-17-6-5-12(19-15)11-3-4-13-14(7-11)20-9-18-13/h3-7,9-10H,2H2,1H3. The van der Waals surface area contributed by atoms with Crippen molar-refractivity contribution < 1.29 is 4.42 Å². The maximum atomic E-state index is 9.10. The Morgan fingerprint density at radius 2 is 2.20 bits per heavy atom. The molecule has 3 aromatic rings. The van der Waals surface area contributed by atoms with Gasteiger partial charge in [-0.3, -0.25) is 0 Å². The van der Waals surface area contributed by atoms with Gasteiger partial charge in [-0.05, 0) is 24.6 Å². The van der Waals surface area contributed by atoms with Crippen LogP contribution in [-0.2, 0) is 0 Å². The normalized spacial score (nSPS) is 12.2. The van der Waals surface area contributed by atoms with Gasteiger partial charge in [-0.2, -0.15) is 5.26 Å². The Morgan fingerprint density at radius 3 is 3.00 bits per heavy atom. The van der Waals surface area contributed by atoms with Crippen LogP contribution in [0, 0.1) is 11.3 Å². The van der Waals surface area contributed by atoms with Crippen molar-refractivity contribution in [1.82, 2.24) is 15.0 Å². The monoisotopic (exact) mass is 264 g/mol. The first-order valence-electron chi connectivity index (χ1n) is 6.38. The van der Waals surface area contributed by atoms with Gasteiger partial charge in [-0.1, -0.05) is 13.0 Å². The predicted molar refractivity (Wildman–Crippen MR) is 73.7 cm³/mol. The van der Waals surface area contributed by atoms with Crippen molar-refractivity contribution >= 4 is 11.1 Å². The van der Waals surface area contributed by atoms with E-state index in [2.05, 4.69) is 21.0 Å². The molecular weight excluding hydrogens is 252 g/mol. The second kappa shape index (κ2) is 5.10. The third-order valence-corrected chi connectivity index (χ3v) is 3.18. The third kappa shape index (κ3) is 2.12. The van der Waals surface area contributed by atoms with Crippen LogP contribution in [0.3, 0.4) is 0 Å². The Kier molecular flexibility index (Phi) is 3.13. The van der Waals surface area contributed by atoms with Crippen molar-refractivity contribution in [2.45, 2.75) is 19.3 Å². The summed E-state index contributed by atoms with van der Waals surface area (Å²) in [5.74, 6) is 0.286. The molecule has 5 heteroatoms. The van der Waals surface area contributed by atoms with Gasteiger partial charge >= 0.3 is 0 Å². The Balaban J connectivity index is 2.05. The number of benzene rings is 1. The summed E-state index contributed by atoms with van der Waals surface area (Å²) < 4.78 is 5.29. The van der Waals surface area contributed by atoms with Crippen molar-refractivity contribution in [3.63, 3.8) is 0 Å². The lowest BCUT2D eigenvalue weighted by Gasteiger charge is -2.06. The largest absolute Gasteiger partial charge is 0.443 e.